The lowest BCUT2D eigenvalue weighted by Crippen LogP contribution is -2.16. The van der Waals surface area contributed by atoms with Gasteiger partial charge >= 0.3 is 12.4 Å². The van der Waals surface area contributed by atoms with Crippen LogP contribution in [0.1, 0.15) is 11.1 Å². The summed E-state index contributed by atoms with van der Waals surface area (Å²) in [6.45, 7) is 0. The Labute approximate surface area is 184 Å². The highest BCUT2D eigenvalue weighted by molar-refractivity contribution is 7.89. The van der Waals surface area contributed by atoms with Crippen LogP contribution in [0.4, 0.5) is 43.9 Å². The van der Waals surface area contributed by atoms with Crippen LogP contribution < -0.4 is 5.14 Å². The number of hydrogen-bond acceptors (Lipinski definition) is 2. The Morgan fingerprint density at radius 3 is 1.41 bits per heavy atom. The fraction of sp³-hybridized carbons (Fsp3) is 0.100. The zero-order valence-electron chi connectivity index (χ0n) is 16.1. The maximum atomic E-state index is 14.7. The summed E-state index contributed by atoms with van der Waals surface area (Å²) in [4.78, 5) is -0.532. The lowest BCUT2D eigenvalue weighted by atomic mass is 9.90. The molecule has 0 radical (unpaired) electrons. The molecule has 3 nitrogen and oxygen atoms in total. The molecule has 0 saturated carbocycles. The maximum Gasteiger partial charge on any atom is 0.417 e. The van der Waals surface area contributed by atoms with Crippen molar-refractivity contribution in [3.8, 4) is 22.3 Å². The number of hydrogen-bond donors (Lipinski definition) is 1. The van der Waals surface area contributed by atoms with Gasteiger partial charge in [0, 0.05) is 11.1 Å². The maximum absolute atomic E-state index is 14.7. The third-order valence-corrected chi connectivity index (χ3v) is 5.59. The molecule has 0 unspecified atom stereocenters. The first-order valence-corrected chi connectivity index (χ1v) is 10.3. The lowest BCUT2D eigenvalue weighted by molar-refractivity contribution is -0.162. The number of rotatable bonds is 3. The zero-order valence-corrected chi connectivity index (χ0v) is 16.9. The third-order valence-electron chi connectivity index (χ3n) is 4.66. The Hall–Kier alpha value is -3.13. The van der Waals surface area contributed by atoms with Crippen LogP contribution in [0.2, 0.25) is 0 Å². The van der Waals surface area contributed by atoms with Crippen LogP contribution in [0, 0.1) is 23.3 Å². The van der Waals surface area contributed by atoms with Crippen molar-refractivity contribution in [2.75, 3.05) is 0 Å². The topological polar surface area (TPSA) is 60.2 Å². The molecule has 0 saturated heterocycles. The molecule has 0 aliphatic rings. The molecule has 0 atom stereocenters. The fourth-order valence-corrected chi connectivity index (χ4v) is 3.68. The van der Waals surface area contributed by atoms with Gasteiger partial charge < -0.3 is 0 Å². The highest BCUT2D eigenvalue weighted by Crippen LogP contribution is 2.45. The second-order valence-corrected chi connectivity index (χ2v) is 8.39. The molecule has 0 heterocycles. The van der Waals surface area contributed by atoms with E-state index in [4.69, 9.17) is 5.14 Å². The Kier molecular flexibility index (Phi) is 6.20. The van der Waals surface area contributed by atoms with Crippen LogP contribution in [0.3, 0.4) is 0 Å². The molecule has 0 aliphatic carbocycles. The largest absolute Gasteiger partial charge is 0.417 e. The van der Waals surface area contributed by atoms with E-state index in [1.807, 2.05) is 0 Å². The molecule has 3 rings (SSSR count). The second-order valence-electron chi connectivity index (χ2n) is 6.83. The van der Waals surface area contributed by atoms with Crippen molar-refractivity contribution < 1.29 is 52.3 Å². The van der Waals surface area contributed by atoms with Gasteiger partial charge in [-0.15, -0.1) is 0 Å². The molecule has 0 aliphatic heterocycles. The van der Waals surface area contributed by atoms with E-state index >= 15 is 0 Å². The van der Waals surface area contributed by atoms with Crippen molar-refractivity contribution in [3.05, 3.63) is 76.9 Å². The molecule has 0 spiro atoms. The van der Waals surface area contributed by atoms with E-state index in [1.54, 1.807) is 0 Å². The van der Waals surface area contributed by atoms with Gasteiger partial charge in [-0.1, -0.05) is 18.2 Å². The first kappa shape index (κ1) is 25.5. The number of alkyl halides is 6. The normalized spacial score (nSPS) is 12.8. The Morgan fingerprint density at radius 1 is 0.588 bits per heavy atom. The summed E-state index contributed by atoms with van der Waals surface area (Å²) in [6.07, 6.45) is -11.1. The second kappa shape index (κ2) is 8.27. The van der Waals surface area contributed by atoms with Crippen LogP contribution in [-0.2, 0) is 22.4 Å². The molecule has 0 amide bonds. The Morgan fingerprint density at radius 2 is 1.00 bits per heavy atom. The van der Waals surface area contributed by atoms with Gasteiger partial charge in [-0.2, -0.15) is 26.3 Å². The molecule has 182 valence electrons. The van der Waals surface area contributed by atoms with Crippen LogP contribution in [0.15, 0.2) is 47.4 Å². The fourth-order valence-electron chi connectivity index (χ4n) is 3.17. The highest BCUT2D eigenvalue weighted by atomic mass is 32.2. The minimum Gasteiger partial charge on any atom is -0.225 e. The van der Waals surface area contributed by atoms with Gasteiger partial charge in [0.05, 0.1) is 16.0 Å². The number of sulfonamides is 1. The van der Waals surface area contributed by atoms with E-state index in [0.717, 1.165) is 24.3 Å². The van der Waals surface area contributed by atoms with Gasteiger partial charge in [0.25, 0.3) is 0 Å². The molecular formula is C20H9F10NO2S. The predicted octanol–water partition coefficient (Wildman–Crippen LogP) is 6.26. The standard InChI is InChI=1S/C20H9F10NO2S/c21-15-13(8-1-4-10(5-2-8)34(31,32)33)14(16(22)18(24)17(15)23)9-3-6-11(19(25,26)27)12(7-9)20(28,29)30/h1-7H,(H2,31,32,33). The number of nitrogens with two attached hydrogens (primary N) is 1. The average molecular weight is 517 g/mol. The molecule has 34 heavy (non-hydrogen) atoms. The zero-order chi connectivity index (χ0) is 25.8. The molecule has 2 N–H and O–H groups in total. The van der Waals surface area contributed by atoms with E-state index < -0.39 is 83.9 Å². The van der Waals surface area contributed by atoms with Gasteiger partial charge in [0.15, 0.2) is 23.3 Å². The van der Waals surface area contributed by atoms with Crippen LogP contribution in [0.5, 0.6) is 0 Å². The summed E-state index contributed by atoms with van der Waals surface area (Å²) in [5.41, 5.74) is -8.50. The molecule has 0 fully saturated rings. The van der Waals surface area contributed by atoms with Crippen molar-refractivity contribution in [1.29, 1.82) is 0 Å². The van der Waals surface area contributed by atoms with Crippen molar-refractivity contribution in [1.82, 2.24) is 0 Å². The first-order chi connectivity index (χ1) is 15.4. The lowest BCUT2D eigenvalue weighted by Gasteiger charge is -2.19. The van der Waals surface area contributed by atoms with Crippen LogP contribution >= 0.6 is 0 Å². The monoisotopic (exact) mass is 517 g/mol. The summed E-state index contributed by atoms with van der Waals surface area (Å²) in [7, 11) is -4.27. The quantitative estimate of drug-likeness (QED) is 0.253. The minimum absolute atomic E-state index is 0.0648. The molecule has 3 aromatic carbocycles. The van der Waals surface area contributed by atoms with Crippen LogP contribution in [0.25, 0.3) is 22.3 Å². The summed E-state index contributed by atoms with van der Waals surface area (Å²) in [5.74, 6) is -9.04. The number of benzene rings is 3. The van der Waals surface area contributed by atoms with Crippen molar-refractivity contribution >= 4 is 10.0 Å². The van der Waals surface area contributed by atoms with Crippen molar-refractivity contribution in [2.45, 2.75) is 17.2 Å². The highest BCUT2D eigenvalue weighted by Gasteiger charge is 2.43. The van der Waals surface area contributed by atoms with Crippen LogP contribution in [-0.4, -0.2) is 8.42 Å². The summed E-state index contributed by atoms with van der Waals surface area (Å²) >= 11 is 0. The van der Waals surface area contributed by atoms with E-state index in [9.17, 15) is 52.3 Å². The van der Waals surface area contributed by atoms with Crippen molar-refractivity contribution in [3.63, 3.8) is 0 Å². The number of halogens is 10. The molecule has 0 bridgehead atoms. The summed E-state index contributed by atoms with van der Waals surface area (Å²) < 4.78 is 159. The Bertz CT molecular complexity index is 1380. The smallest absolute Gasteiger partial charge is 0.225 e. The van der Waals surface area contributed by atoms with Gasteiger partial charge in [0.1, 0.15) is 0 Å². The predicted molar refractivity (Wildman–Crippen MR) is 98.5 cm³/mol. The summed E-state index contributed by atoms with van der Waals surface area (Å²) in [5, 5.41) is 4.90. The van der Waals surface area contributed by atoms with Gasteiger partial charge in [0.2, 0.25) is 10.0 Å². The molecule has 3 aromatic rings. The van der Waals surface area contributed by atoms with E-state index in [1.165, 1.54) is 0 Å². The number of primary sulfonamides is 1. The summed E-state index contributed by atoms with van der Waals surface area (Å²) in [6, 6.07) is 3.16. The van der Waals surface area contributed by atoms with E-state index in [2.05, 4.69) is 0 Å². The van der Waals surface area contributed by atoms with E-state index in [0.29, 0.717) is 6.07 Å². The van der Waals surface area contributed by atoms with Gasteiger partial charge in [-0.3, -0.25) is 0 Å². The van der Waals surface area contributed by atoms with Gasteiger partial charge in [-0.05, 0) is 35.4 Å². The average Bonchev–Trinajstić information content (AvgIpc) is 2.72. The SMILES string of the molecule is NS(=O)(=O)c1ccc(-c2c(F)c(F)c(F)c(F)c2-c2ccc(C(F)(F)F)c(C(F)(F)F)c2)cc1. The van der Waals surface area contributed by atoms with Gasteiger partial charge in [-0.25, -0.2) is 31.1 Å². The third kappa shape index (κ3) is 4.59. The molecule has 14 heteroatoms. The first-order valence-electron chi connectivity index (χ1n) is 8.72. The minimum atomic E-state index is -5.61. The van der Waals surface area contributed by atoms with Crippen molar-refractivity contribution in [2.24, 2.45) is 5.14 Å². The molecule has 0 aromatic heterocycles. The molecular weight excluding hydrogens is 508 g/mol. The Balaban J connectivity index is 2.40. The van der Waals surface area contributed by atoms with E-state index in [-0.39, 0.29) is 12.1 Å².